The minimum Gasteiger partial charge on any atom is -0.595 e. The van der Waals surface area contributed by atoms with Gasteiger partial charge in [0.1, 0.15) is 0 Å². The lowest BCUT2D eigenvalue weighted by Crippen LogP contribution is -2.41. The number of hydrogen-bond donors (Lipinski definition) is 2. The number of carboxylic acids is 1. The Morgan fingerprint density at radius 3 is 2.42 bits per heavy atom. The standard InChI is InChI=1S/C5H8NO5P/c1-3(7)6-4(5(8)9)2-12(10)11/h4H,2H2,1H3,(H,6,7)(H,8,9)/t4-/m1/s1. The van der Waals surface area contributed by atoms with Crippen molar-refractivity contribution in [2.75, 3.05) is 6.16 Å². The highest BCUT2D eigenvalue weighted by molar-refractivity contribution is 7.36. The molecule has 7 heteroatoms. The van der Waals surface area contributed by atoms with Crippen LogP contribution in [0.2, 0.25) is 0 Å². The first kappa shape index (κ1) is 11.0. The summed E-state index contributed by atoms with van der Waals surface area (Å²) in [6.45, 7) is 1.12. The molecule has 0 saturated heterocycles. The summed E-state index contributed by atoms with van der Waals surface area (Å²) in [5, 5.41) is 10.4. The number of hydrogen-bond acceptors (Lipinski definition) is 4. The quantitative estimate of drug-likeness (QED) is 0.538. The topological polar surface area (TPSA) is 107 Å². The Balaban J connectivity index is 4.14. The molecular formula is C5H8NO5P. The molecule has 6 nitrogen and oxygen atoms in total. The lowest BCUT2D eigenvalue weighted by molar-refractivity contribution is -0.165. The van der Waals surface area contributed by atoms with Crippen LogP contribution in [0.5, 0.6) is 0 Å². The van der Waals surface area contributed by atoms with E-state index in [4.69, 9.17) is 5.11 Å². The molecule has 0 fully saturated rings. The van der Waals surface area contributed by atoms with Gasteiger partial charge in [-0.3, -0.25) is 4.79 Å². The van der Waals surface area contributed by atoms with Crippen molar-refractivity contribution in [3.8, 4) is 0 Å². The molecule has 0 aliphatic rings. The van der Waals surface area contributed by atoms with E-state index in [2.05, 4.69) is 0 Å². The van der Waals surface area contributed by atoms with E-state index in [0.717, 1.165) is 6.92 Å². The van der Waals surface area contributed by atoms with Crippen molar-refractivity contribution >= 4 is 19.9 Å². The summed E-state index contributed by atoms with van der Waals surface area (Å²) in [7, 11) is -2.80. The fourth-order valence-electron chi connectivity index (χ4n) is 0.580. The third kappa shape index (κ3) is 4.76. The fourth-order valence-corrected chi connectivity index (χ4v) is 1.13. The number of aliphatic carboxylic acids is 1. The van der Waals surface area contributed by atoms with E-state index < -0.39 is 32.1 Å². The van der Waals surface area contributed by atoms with Gasteiger partial charge in [-0.25, -0.2) is 4.79 Å². The van der Waals surface area contributed by atoms with Crippen LogP contribution in [0, 0.1) is 0 Å². The molecule has 2 atom stereocenters. The van der Waals surface area contributed by atoms with E-state index in [1.54, 1.807) is 0 Å². The maximum absolute atomic E-state index is 10.4. The largest absolute Gasteiger partial charge is 0.595 e. The van der Waals surface area contributed by atoms with Gasteiger partial charge in [-0.05, 0) is 0 Å². The van der Waals surface area contributed by atoms with Crippen LogP contribution < -0.4 is 10.2 Å². The molecule has 0 heterocycles. The molecule has 0 aromatic carbocycles. The molecule has 0 saturated carbocycles. The Morgan fingerprint density at radius 2 is 2.17 bits per heavy atom. The van der Waals surface area contributed by atoms with Crippen molar-refractivity contribution in [2.24, 2.45) is 0 Å². The van der Waals surface area contributed by atoms with Crippen LogP contribution in [0.3, 0.4) is 0 Å². The summed E-state index contributed by atoms with van der Waals surface area (Å²) in [6.07, 6.45) is -0.579. The number of carboxylic acid groups (broad SMARTS) is 1. The number of rotatable bonds is 4. The Labute approximate surface area is 69.5 Å². The highest BCUT2D eigenvalue weighted by atomic mass is 31.1. The van der Waals surface area contributed by atoms with Crippen LogP contribution >= 0.6 is 8.03 Å². The van der Waals surface area contributed by atoms with Crippen molar-refractivity contribution in [1.29, 1.82) is 0 Å². The first-order valence-corrected chi connectivity index (χ1v) is 4.41. The predicted molar refractivity (Wildman–Crippen MR) is 37.7 cm³/mol. The fraction of sp³-hybridized carbons (Fsp3) is 0.600. The Hall–Kier alpha value is -1.00. The van der Waals surface area contributed by atoms with Gasteiger partial charge >= 0.3 is 14.0 Å². The Morgan fingerprint density at radius 1 is 1.67 bits per heavy atom. The van der Waals surface area contributed by atoms with Crippen molar-refractivity contribution < 1.29 is 24.2 Å². The van der Waals surface area contributed by atoms with E-state index in [1.807, 2.05) is 5.32 Å². The molecule has 1 amide bonds. The van der Waals surface area contributed by atoms with Crippen molar-refractivity contribution in [1.82, 2.24) is 5.32 Å². The van der Waals surface area contributed by atoms with Crippen LogP contribution in [0.1, 0.15) is 6.92 Å². The summed E-state index contributed by atoms with van der Waals surface area (Å²) < 4.78 is 10.1. The first-order valence-electron chi connectivity index (χ1n) is 3.05. The molecule has 0 radical (unpaired) electrons. The maximum Gasteiger partial charge on any atom is 0.330 e. The normalized spacial score (nSPS) is 13.3. The molecule has 0 rings (SSSR count). The summed E-state index contributed by atoms with van der Waals surface area (Å²) >= 11 is 0. The van der Waals surface area contributed by atoms with Crippen LogP contribution in [0.15, 0.2) is 0 Å². The van der Waals surface area contributed by atoms with E-state index in [0.29, 0.717) is 0 Å². The zero-order valence-corrected chi connectivity index (χ0v) is 7.21. The maximum atomic E-state index is 10.4. The summed E-state index contributed by atoms with van der Waals surface area (Å²) in [5.74, 6) is -1.93. The summed E-state index contributed by atoms with van der Waals surface area (Å²) in [5.41, 5.74) is 0. The zero-order valence-electron chi connectivity index (χ0n) is 6.31. The first-order chi connectivity index (χ1) is 5.43. The SMILES string of the molecule is CC(=O)N[C@H](C[P+](=O)[O-])C(=O)O. The second-order valence-electron chi connectivity index (χ2n) is 2.11. The zero-order chi connectivity index (χ0) is 9.72. The number of carbonyl (C=O) groups excluding carboxylic acids is 1. The third-order valence-corrected chi connectivity index (χ3v) is 1.67. The van der Waals surface area contributed by atoms with Gasteiger partial charge in [0, 0.05) is 6.92 Å². The predicted octanol–water partition coefficient (Wildman–Crippen LogP) is -1.32. The second-order valence-corrected chi connectivity index (χ2v) is 3.14. The third-order valence-electron chi connectivity index (χ3n) is 1.01. The van der Waals surface area contributed by atoms with Gasteiger partial charge in [0.15, 0.2) is 12.2 Å². The van der Waals surface area contributed by atoms with E-state index in [9.17, 15) is 19.0 Å². The molecule has 1 unspecified atom stereocenters. The van der Waals surface area contributed by atoms with E-state index in [1.165, 1.54) is 0 Å². The summed E-state index contributed by atoms with van der Waals surface area (Å²) in [4.78, 5) is 30.8. The smallest absolute Gasteiger partial charge is 0.330 e. The van der Waals surface area contributed by atoms with Crippen molar-refractivity contribution in [3.63, 3.8) is 0 Å². The molecular weight excluding hydrogens is 185 g/mol. The van der Waals surface area contributed by atoms with Crippen LogP contribution in [-0.2, 0) is 14.2 Å². The van der Waals surface area contributed by atoms with Crippen molar-refractivity contribution in [3.05, 3.63) is 0 Å². The van der Waals surface area contributed by atoms with Gasteiger partial charge in [0.2, 0.25) is 5.91 Å². The lowest BCUT2D eigenvalue weighted by atomic mass is 10.3. The number of nitrogens with one attached hydrogen (secondary N) is 1. The van der Waals surface area contributed by atoms with Crippen molar-refractivity contribution in [2.45, 2.75) is 13.0 Å². The molecule has 0 aliphatic heterocycles. The highest BCUT2D eigenvalue weighted by Crippen LogP contribution is 2.08. The second kappa shape index (κ2) is 4.79. The van der Waals surface area contributed by atoms with E-state index in [-0.39, 0.29) is 0 Å². The minimum absolute atomic E-state index is 0.570. The van der Waals surface area contributed by atoms with Gasteiger partial charge in [-0.1, -0.05) is 4.57 Å². The van der Waals surface area contributed by atoms with Gasteiger partial charge in [-0.15, -0.1) is 0 Å². The van der Waals surface area contributed by atoms with Crippen LogP contribution in [-0.4, -0.2) is 29.2 Å². The number of carbonyl (C=O) groups is 2. The van der Waals surface area contributed by atoms with Crippen LogP contribution in [0.4, 0.5) is 0 Å². The van der Waals surface area contributed by atoms with Gasteiger partial charge in [-0.2, -0.15) is 0 Å². The Bertz CT molecular complexity index is 200. The van der Waals surface area contributed by atoms with E-state index >= 15 is 0 Å². The van der Waals surface area contributed by atoms with Gasteiger partial charge in [0.25, 0.3) is 0 Å². The molecule has 12 heavy (non-hydrogen) atoms. The highest BCUT2D eigenvalue weighted by Gasteiger charge is 2.23. The van der Waals surface area contributed by atoms with Crippen LogP contribution in [0.25, 0.3) is 0 Å². The molecule has 68 valence electrons. The van der Waals surface area contributed by atoms with Gasteiger partial charge < -0.3 is 15.3 Å². The van der Waals surface area contributed by atoms with Gasteiger partial charge in [0.05, 0.1) is 0 Å². The number of amides is 1. The molecule has 0 aromatic rings. The minimum atomic E-state index is -2.80. The average Bonchev–Trinajstić information content (AvgIpc) is 1.83. The Kier molecular flexibility index (Phi) is 4.39. The molecule has 0 spiro atoms. The molecule has 2 N–H and O–H groups in total. The summed E-state index contributed by atoms with van der Waals surface area (Å²) in [6, 6.07) is -1.34. The molecule has 0 aliphatic carbocycles. The molecule has 0 aromatic heterocycles. The molecule has 0 bridgehead atoms. The average molecular weight is 193 g/mol. The monoisotopic (exact) mass is 193 g/mol. The lowest BCUT2D eigenvalue weighted by Gasteiger charge is -2.07.